The molecular formula is C25H27N2O+. The predicted molar refractivity (Wildman–Crippen MR) is 111 cm³/mol. The Labute approximate surface area is 167 Å². The molecule has 1 saturated carbocycles. The average molecular weight is 372 g/mol. The van der Waals surface area contributed by atoms with Gasteiger partial charge < -0.3 is 4.90 Å². The van der Waals surface area contributed by atoms with Crippen LogP contribution in [0.5, 0.6) is 0 Å². The van der Waals surface area contributed by atoms with Gasteiger partial charge in [0.15, 0.2) is 0 Å². The molecular weight excluding hydrogens is 344 g/mol. The third-order valence-corrected chi connectivity index (χ3v) is 7.92. The van der Waals surface area contributed by atoms with Crippen molar-refractivity contribution in [2.45, 2.75) is 44.2 Å². The third kappa shape index (κ3) is 2.05. The quantitative estimate of drug-likeness (QED) is 0.585. The van der Waals surface area contributed by atoms with E-state index in [2.05, 4.69) is 66.8 Å². The molecule has 2 aromatic rings. The minimum absolute atomic E-state index is 0.164. The summed E-state index contributed by atoms with van der Waals surface area (Å²) in [6, 6.07) is 18.2. The zero-order valence-corrected chi connectivity index (χ0v) is 16.6. The van der Waals surface area contributed by atoms with Crippen LogP contribution in [0.3, 0.4) is 0 Å². The van der Waals surface area contributed by atoms with Gasteiger partial charge in [0, 0.05) is 13.0 Å². The molecule has 0 spiro atoms. The van der Waals surface area contributed by atoms with E-state index in [1.165, 1.54) is 29.5 Å². The Morgan fingerprint density at radius 3 is 2.61 bits per heavy atom. The molecule has 2 aromatic carbocycles. The molecule has 142 valence electrons. The summed E-state index contributed by atoms with van der Waals surface area (Å²) < 4.78 is 0. The summed E-state index contributed by atoms with van der Waals surface area (Å²) in [5.41, 5.74) is 5.40. The highest BCUT2D eigenvalue weighted by atomic mass is 16.2. The number of hydrogen-bond donors (Lipinski definition) is 0. The molecule has 0 radical (unpaired) electrons. The molecule has 0 bridgehead atoms. The lowest BCUT2D eigenvalue weighted by Gasteiger charge is -2.56. The second-order valence-corrected chi connectivity index (χ2v) is 9.26. The van der Waals surface area contributed by atoms with Gasteiger partial charge in [-0.2, -0.15) is 0 Å². The Morgan fingerprint density at radius 2 is 1.75 bits per heavy atom. The highest BCUT2D eigenvalue weighted by molar-refractivity contribution is 5.95. The smallest absolute Gasteiger partial charge is 0.309 e. The van der Waals surface area contributed by atoms with Crippen molar-refractivity contribution in [2.75, 3.05) is 11.9 Å². The standard InChI is InChI=1S/C25H27N2O/c1-15-11-12-22-19(13-15)20-14-16-7-3-4-8-17(16)23(20)24-18-9-5-6-10-21(18)26(2)25(28)27(22)24/h3-11,15,19-20,22-24H,12-14H2,1-2H3/q+1/t15?,19?,20-,22?,23-,24+/m0/s1. The van der Waals surface area contributed by atoms with E-state index in [-0.39, 0.29) is 12.1 Å². The summed E-state index contributed by atoms with van der Waals surface area (Å²) in [6.07, 6.45) is 5.87. The number of rotatable bonds is 0. The molecule has 0 aromatic heterocycles. The van der Waals surface area contributed by atoms with Gasteiger partial charge in [0.25, 0.3) is 0 Å². The summed E-state index contributed by atoms with van der Waals surface area (Å²) in [7, 11) is 1.94. The maximum atomic E-state index is 13.6. The van der Waals surface area contributed by atoms with Gasteiger partial charge in [-0.1, -0.05) is 42.5 Å². The Balaban J connectivity index is 1.58. The van der Waals surface area contributed by atoms with Gasteiger partial charge in [0.1, 0.15) is 6.42 Å². The molecule has 6 rings (SSSR count). The van der Waals surface area contributed by atoms with Crippen LogP contribution in [-0.4, -0.2) is 24.0 Å². The number of carbonyl (C=O) groups excluding carboxylic acids is 1. The number of fused-ring (bicyclic) bond motifs is 10. The Bertz CT molecular complexity index is 953. The summed E-state index contributed by atoms with van der Waals surface area (Å²) in [6.45, 7) is 2.35. The first-order chi connectivity index (χ1) is 13.6. The topological polar surface area (TPSA) is 23.6 Å². The summed E-state index contributed by atoms with van der Waals surface area (Å²) >= 11 is 0. The van der Waals surface area contributed by atoms with E-state index in [4.69, 9.17) is 0 Å². The van der Waals surface area contributed by atoms with Crippen molar-refractivity contribution in [1.29, 1.82) is 0 Å². The van der Waals surface area contributed by atoms with E-state index in [0.717, 1.165) is 12.1 Å². The largest absolute Gasteiger partial charge is 0.325 e. The molecule has 2 aliphatic carbocycles. The molecule has 2 aliphatic heterocycles. The van der Waals surface area contributed by atoms with Crippen LogP contribution in [0.15, 0.2) is 48.5 Å². The van der Waals surface area contributed by atoms with Crippen molar-refractivity contribution >= 4 is 11.7 Å². The number of urea groups is 1. The first-order valence-corrected chi connectivity index (χ1v) is 10.7. The van der Waals surface area contributed by atoms with E-state index in [0.29, 0.717) is 29.7 Å². The minimum atomic E-state index is 0.164. The third-order valence-electron chi connectivity index (χ3n) is 7.92. The fraction of sp³-hybridized carbons (Fsp3) is 0.440. The van der Waals surface area contributed by atoms with E-state index in [9.17, 15) is 4.79 Å². The van der Waals surface area contributed by atoms with Crippen LogP contribution in [0.4, 0.5) is 10.5 Å². The van der Waals surface area contributed by atoms with E-state index < -0.39 is 0 Å². The zero-order valence-electron chi connectivity index (χ0n) is 16.6. The molecule has 3 heteroatoms. The van der Waals surface area contributed by atoms with Crippen LogP contribution in [0.2, 0.25) is 0 Å². The number of hydrogen-bond acceptors (Lipinski definition) is 1. The Kier molecular flexibility index (Phi) is 3.42. The van der Waals surface area contributed by atoms with Crippen molar-refractivity contribution < 1.29 is 4.79 Å². The molecule has 1 saturated heterocycles. The van der Waals surface area contributed by atoms with Crippen LogP contribution < -0.4 is 4.90 Å². The maximum absolute atomic E-state index is 13.6. The molecule has 4 aliphatic rings. The summed E-state index contributed by atoms with van der Waals surface area (Å²) in [4.78, 5) is 17.8. The summed E-state index contributed by atoms with van der Waals surface area (Å²) in [5, 5.41) is 0. The lowest BCUT2D eigenvalue weighted by Crippen LogP contribution is -2.61. The highest BCUT2D eigenvalue weighted by Gasteiger charge is 2.59. The number of nitrogens with zero attached hydrogens (tertiary/aromatic N) is 2. The second-order valence-electron chi connectivity index (χ2n) is 9.26. The molecule has 6 atom stereocenters. The van der Waals surface area contributed by atoms with Gasteiger partial charge in [-0.3, -0.25) is 4.90 Å². The lowest BCUT2D eigenvalue weighted by molar-refractivity contribution is -0.00551. The molecule has 28 heavy (non-hydrogen) atoms. The van der Waals surface area contributed by atoms with Crippen molar-refractivity contribution in [1.82, 2.24) is 4.90 Å². The van der Waals surface area contributed by atoms with Crippen molar-refractivity contribution in [3.8, 4) is 0 Å². The fourth-order valence-electron chi connectivity index (χ4n) is 6.79. The van der Waals surface area contributed by atoms with Gasteiger partial charge >= 0.3 is 6.03 Å². The van der Waals surface area contributed by atoms with Crippen LogP contribution in [0.1, 0.15) is 48.4 Å². The number of piperidine rings is 1. The zero-order chi connectivity index (χ0) is 19.0. The number of carbonyl (C=O) groups is 1. The molecule has 0 N–H and O–H groups in total. The van der Waals surface area contributed by atoms with E-state index >= 15 is 0 Å². The van der Waals surface area contributed by atoms with Crippen LogP contribution in [-0.2, 0) is 6.42 Å². The van der Waals surface area contributed by atoms with Crippen LogP contribution in [0.25, 0.3) is 0 Å². The minimum Gasteiger partial charge on any atom is -0.309 e. The SMILES string of the molecule is CC1[CH+]CC2C(C1)[C@@H]1Cc3ccccc3[C@@H]1[C@H]1c3ccccc3N(C)C(=O)N21. The number of para-hydroxylation sites is 1. The monoisotopic (exact) mass is 371 g/mol. The van der Waals surface area contributed by atoms with Crippen molar-refractivity contribution in [2.24, 2.45) is 17.8 Å². The number of amides is 2. The van der Waals surface area contributed by atoms with Crippen molar-refractivity contribution in [3.63, 3.8) is 0 Å². The van der Waals surface area contributed by atoms with Gasteiger partial charge in [-0.25, -0.2) is 4.79 Å². The van der Waals surface area contributed by atoms with Gasteiger partial charge in [-0.05, 0) is 54.4 Å². The average Bonchev–Trinajstić information content (AvgIpc) is 3.11. The van der Waals surface area contributed by atoms with Crippen molar-refractivity contribution in [3.05, 3.63) is 71.6 Å². The second kappa shape index (κ2) is 5.79. The first-order valence-electron chi connectivity index (χ1n) is 10.7. The predicted octanol–water partition coefficient (Wildman–Crippen LogP) is 5.19. The van der Waals surface area contributed by atoms with Gasteiger partial charge in [0.2, 0.25) is 0 Å². The highest BCUT2D eigenvalue weighted by Crippen LogP contribution is 2.61. The maximum Gasteiger partial charge on any atom is 0.325 e. The van der Waals surface area contributed by atoms with Crippen LogP contribution in [0, 0.1) is 24.2 Å². The van der Waals surface area contributed by atoms with Crippen LogP contribution >= 0.6 is 0 Å². The molecule has 3 unspecified atom stereocenters. The summed E-state index contributed by atoms with van der Waals surface area (Å²) in [5.74, 6) is 2.30. The van der Waals surface area contributed by atoms with E-state index in [1.807, 2.05) is 11.9 Å². The molecule has 2 fully saturated rings. The number of benzene rings is 2. The first kappa shape index (κ1) is 16.5. The van der Waals surface area contributed by atoms with E-state index in [1.54, 1.807) is 0 Å². The van der Waals surface area contributed by atoms with Gasteiger partial charge in [-0.15, -0.1) is 0 Å². The normalized spacial score (nSPS) is 35.3. The number of anilines is 1. The fourth-order valence-corrected chi connectivity index (χ4v) is 6.79. The van der Waals surface area contributed by atoms with Gasteiger partial charge in [0.05, 0.1) is 30.1 Å². The lowest BCUT2D eigenvalue weighted by atomic mass is 9.62. The Hall–Kier alpha value is -2.42. The Morgan fingerprint density at radius 1 is 1.00 bits per heavy atom. The molecule has 2 heterocycles. The molecule has 3 nitrogen and oxygen atoms in total. The molecule has 2 amide bonds.